The Labute approximate surface area is 64.4 Å². The van der Waals surface area contributed by atoms with Gasteiger partial charge >= 0.3 is 0 Å². The lowest BCUT2D eigenvalue weighted by Gasteiger charge is -2.32. The summed E-state index contributed by atoms with van der Waals surface area (Å²) in [6, 6.07) is 1.63. The van der Waals surface area contributed by atoms with Gasteiger partial charge in [0.15, 0.2) is 0 Å². The van der Waals surface area contributed by atoms with E-state index in [0.29, 0.717) is 6.54 Å². The Kier molecular flexibility index (Phi) is 2.10. The zero-order valence-corrected chi connectivity index (χ0v) is 6.35. The zero-order valence-electron chi connectivity index (χ0n) is 6.35. The number of hydrogen-bond donors (Lipinski definition) is 0. The van der Waals surface area contributed by atoms with Gasteiger partial charge in [0.05, 0.1) is 6.07 Å². The molecule has 0 aliphatic carbocycles. The molecule has 1 atom stereocenters. The highest BCUT2D eigenvalue weighted by molar-refractivity contribution is 4.97. The molecule has 0 aromatic rings. The quantitative estimate of drug-likeness (QED) is 0.530. The maximum absolute atomic E-state index is 12.8. The second-order valence-electron chi connectivity index (χ2n) is 2.95. The van der Waals surface area contributed by atoms with E-state index in [9.17, 15) is 8.78 Å². The predicted octanol–water partition coefficient (Wildman–Crippen LogP) is 1.10. The lowest BCUT2D eigenvalue weighted by molar-refractivity contribution is -0.0810. The van der Waals surface area contributed by atoms with Crippen LogP contribution in [0.5, 0.6) is 0 Å². The SMILES string of the molecule is CN1CCC(F)(F)C(C#N)C1. The van der Waals surface area contributed by atoms with Crippen LogP contribution in [0, 0.1) is 17.2 Å². The van der Waals surface area contributed by atoms with Gasteiger partial charge < -0.3 is 4.90 Å². The van der Waals surface area contributed by atoms with Gasteiger partial charge in [-0.3, -0.25) is 0 Å². The summed E-state index contributed by atoms with van der Waals surface area (Å²) in [5.41, 5.74) is 0. The molecular formula is C7H10F2N2. The summed E-state index contributed by atoms with van der Waals surface area (Å²) >= 11 is 0. The van der Waals surface area contributed by atoms with Crippen LogP contribution < -0.4 is 0 Å². The number of likely N-dealkylation sites (tertiary alicyclic amines) is 1. The van der Waals surface area contributed by atoms with Crippen molar-refractivity contribution in [2.75, 3.05) is 20.1 Å². The van der Waals surface area contributed by atoms with E-state index < -0.39 is 11.8 Å². The Hall–Kier alpha value is -0.690. The van der Waals surface area contributed by atoms with Crippen molar-refractivity contribution in [3.8, 4) is 6.07 Å². The summed E-state index contributed by atoms with van der Waals surface area (Å²) < 4.78 is 25.6. The maximum atomic E-state index is 12.8. The van der Waals surface area contributed by atoms with Crippen molar-refractivity contribution >= 4 is 0 Å². The minimum atomic E-state index is -2.78. The van der Waals surface area contributed by atoms with Crippen LogP contribution >= 0.6 is 0 Å². The number of nitriles is 1. The average molecular weight is 160 g/mol. The third-order valence-corrected chi connectivity index (χ3v) is 1.99. The fraction of sp³-hybridized carbons (Fsp3) is 0.857. The first-order chi connectivity index (χ1) is 5.06. The Morgan fingerprint density at radius 2 is 2.27 bits per heavy atom. The van der Waals surface area contributed by atoms with Crippen molar-refractivity contribution in [1.82, 2.24) is 4.90 Å². The fourth-order valence-corrected chi connectivity index (χ4v) is 1.19. The lowest BCUT2D eigenvalue weighted by Crippen LogP contribution is -2.44. The molecule has 0 aromatic heterocycles. The number of alkyl halides is 2. The Bertz CT molecular complexity index is 185. The van der Waals surface area contributed by atoms with Gasteiger partial charge in [-0.25, -0.2) is 8.78 Å². The zero-order chi connectivity index (χ0) is 8.48. The molecule has 11 heavy (non-hydrogen) atoms. The average Bonchev–Trinajstić information content (AvgIpc) is 1.94. The molecule has 2 nitrogen and oxygen atoms in total. The molecule has 1 saturated heterocycles. The van der Waals surface area contributed by atoms with Crippen LogP contribution in [0.15, 0.2) is 0 Å². The number of hydrogen-bond acceptors (Lipinski definition) is 2. The molecule has 1 fully saturated rings. The van der Waals surface area contributed by atoms with Gasteiger partial charge in [-0.15, -0.1) is 0 Å². The van der Waals surface area contributed by atoms with Crippen molar-refractivity contribution in [2.45, 2.75) is 12.3 Å². The first-order valence-corrected chi connectivity index (χ1v) is 3.52. The first-order valence-electron chi connectivity index (χ1n) is 3.52. The molecule has 1 aliphatic rings. The fourth-order valence-electron chi connectivity index (χ4n) is 1.19. The third kappa shape index (κ3) is 1.66. The molecule has 1 heterocycles. The van der Waals surface area contributed by atoms with Crippen molar-refractivity contribution in [3.63, 3.8) is 0 Å². The molecule has 0 amide bonds. The Morgan fingerprint density at radius 1 is 1.64 bits per heavy atom. The van der Waals surface area contributed by atoms with E-state index >= 15 is 0 Å². The molecule has 0 saturated carbocycles. The standard InChI is InChI=1S/C7H10F2N2/c1-11-3-2-7(8,9)6(4-10)5-11/h6H,2-3,5H2,1H3. The summed E-state index contributed by atoms with van der Waals surface area (Å²) in [4.78, 5) is 1.76. The van der Waals surface area contributed by atoms with Gasteiger partial charge in [0.25, 0.3) is 5.92 Å². The van der Waals surface area contributed by atoms with Gasteiger partial charge in [-0.1, -0.05) is 0 Å². The minimum Gasteiger partial charge on any atom is -0.305 e. The largest absolute Gasteiger partial charge is 0.305 e. The highest BCUT2D eigenvalue weighted by atomic mass is 19.3. The van der Waals surface area contributed by atoms with Crippen LogP contribution in [0.2, 0.25) is 0 Å². The molecule has 0 aromatic carbocycles. The second kappa shape index (κ2) is 2.74. The summed E-state index contributed by atoms with van der Waals surface area (Å²) in [5, 5.41) is 8.39. The maximum Gasteiger partial charge on any atom is 0.266 e. The molecular weight excluding hydrogens is 150 g/mol. The van der Waals surface area contributed by atoms with E-state index in [0.717, 1.165) is 0 Å². The minimum absolute atomic E-state index is 0.184. The number of nitrogens with zero attached hydrogens (tertiary/aromatic N) is 2. The Morgan fingerprint density at radius 3 is 2.73 bits per heavy atom. The number of piperidine rings is 1. The van der Waals surface area contributed by atoms with Crippen LogP contribution in [0.25, 0.3) is 0 Å². The number of rotatable bonds is 0. The van der Waals surface area contributed by atoms with Crippen LogP contribution in [0.4, 0.5) is 8.78 Å². The second-order valence-corrected chi connectivity index (χ2v) is 2.95. The summed E-state index contributed by atoms with van der Waals surface area (Å²) in [6.45, 7) is 0.564. The van der Waals surface area contributed by atoms with Crippen LogP contribution in [0.3, 0.4) is 0 Å². The molecule has 0 N–H and O–H groups in total. The highest BCUT2D eigenvalue weighted by Gasteiger charge is 2.43. The van der Waals surface area contributed by atoms with E-state index in [4.69, 9.17) is 5.26 Å². The van der Waals surface area contributed by atoms with E-state index in [2.05, 4.69) is 0 Å². The highest BCUT2D eigenvalue weighted by Crippen LogP contribution is 2.32. The molecule has 1 rings (SSSR count). The molecule has 1 aliphatic heterocycles. The van der Waals surface area contributed by atoms with E-state index in [-0.39, 0.29) is 13.0 Å². The molecule has 62 valence electrons. The summed E-state index contributed by atoms with van der Waals surface area (Å²) in [5.74, 6) is -3.90. The molecule has 0 spiro atoms. The van der Waals surface area contributed by atoms with E-state index in [1.807, 2.05) is 0 Å². The van der Waals surface area contributed by atoms with Gasteiger partial charge in [-0.05, 0) is 7.05 Å². The van der Waals surface area contributed by atoms with Crippen molar-refractivity contribution in [1.29, 1.82) is 5.26 Å². The third-order valence-electron chi connectivity index (χ3n) is 1.99. The molecule has 1 unspecified atom stereocenters. The predicted molar refractivity (Wildman–Crippen MR) is 36.2 cm³/mol. The van der Waals surface area contributed by atoms with Crippen molar-refractivity contribution in [3.05, 3.63) is 0 Å². The normalized spacial score (nSPS) is 31.3. The molecule has 0 radical (unpaired) electrons. The van der Waals surface area contributed by atoms with Gasteiger partial charge in [-0.2, -0.15) is 5.26 Å². The smallest absolute Gasteiger partial charge is 0.266 e. The lowest BCUT2D eigenvalue weighted by atomic mass is 9.95. The van der Waals surface area contributed by atoms with Gasteiger partial charge in [0.1, 0.15) is 5.92 Å². The molecule has 4 heteroatoms. The topological polar surface area (TPSA) is 27.0 Å². The van der Waals surface area contributed by atoms with E-state index in [1.54, 1.807) is 18.0 Å². The van der Waals surface area contributed by atoms with Crippen LogP contribution in [-0.2, 0) is 0 Å². The Balaban J connectivity index is 2.65. The first kappa shape index (κ1) is 8.41. The van der Waals surface area contributed by atoms with Crippen LogP contribution in [-0.4, -0.2) is 31.0 Å². The number of halogens is 2. The monoisotopic (exact) mass is 160 g/mol. The van der Waals surface area contributed by atoms with Gasteiger partial charge in [0, 0.05) is 19.5 Å². The van der Waals surface area contributed by atoms with Crippen molar-refractivity contribution in [2.24, 2.45) is 5.92 Å². The molecule has 0 bridgehead atoms. The summed E-state index contributed by atoms with van der Waals surface area (Å²) in [7, 11) is 1.75. The van der Waals surface area contributed by atoms with Crippen molar-refractivity contribution < 1.29 is 8.78 Å². The summed E-state index contributed by atoms with van der Waals surface area (Å²) in [6.07, 6.45) is -0.193. The van der Waals surface area contributed by atoms with Gasteiger partial charge in [0.2, 0.25) is 0 Å². The van der Waals surface area contributed by atoms with E-state index in [1.165, 1.54) is 0 Å². The van der Waals surface area contributed by atoms with Crippen LogP contribution in [0.1, 0.15) is 6.42 Å².